The highest BCUT2D eigenvalue weighted by Crippen LogP contribution is 2.36. The molecule has 4 rings (SSSR count). The van der Waals surface area contributed by atoms with Gasteiger partial charge in [0.05, 0.1) is 5.69 Å². The minimum absolute atomic E-state index is 0.0922. The van der Waals surface area contributed by atoms with Crippen LogP contribution in [0.15, 0.2) is 60.7 Å². The van der Waals surface area contributed by atoms with Gasteiger partial charge in [0.1, 0.15) is 6.61 Å². The Balaban J connectivity index is 1.89. The number of amides is 1. The molecule has 0 bridgehead atoms. The summed E-state index contributed by atoms with van der Waals surface area (Å²) in [5.74, 6) is 0.640. The third-order valence-electron chi connectivity index (χ3n) is 3.76. The molecule has 3 heteroatoms. The zero-order valence-corrected chi connectivity index (χ0v) is 11.3. The minimum Gasteiger partial charge on any atom is -0.486 e. The molecule has 0 unspecified atom stereocenters. The number of anilines is 1. The van der Waals surface area contributed by atoms with Crippen LogP contribution in [0.5, 0.6) is 5.75 Å². The van der Waals surface area contributed by atoms with Gasteiger partial charge >= 0.3 is 0 Å². The van der Waals surface area contributed by atoms with E-state index >= 15 is 0 Å². The Hall–Kier alpha value is -2.81. The second kappa shape index (κ2) is 4.63. The molecule has 1 aliphatic heterocycles. The van der Waals surface area contributed by atoms with Gasteiger partial charge in [0.2, 0.25) is 0 Å². The molecule has 1 aliphatic rings. The quantitative estimate of drug-likeness (QED) is 0.673. The van der Waals surface area contributed by atoms with E-state index in [4.69, 9.17) is 4.74 Å². The van der Waals surface area contributed by atoms with E-state index in [0.717, 1.165) is 22.1 Å². The molecule has 0 radical (unpaired) electrons. The lowest BCUT2D eigenvalue weighted by atomic mass is 10.0. The largest absolute Gasteiger partial charge is 0.486 e. The third kappa shape index (κ3) is 1.94. The Kier molecular flexibility index (Phi) is 2.64. The first-order valence-corrected chi connectivity index (χ1v) is 6.87. The molecule has 3 aromatic rings. The lowest BCUT2D eigenvalue weighted by Gasteiger charge is -2.20. The summed E-state index contributed by atoms with van der Waals surface area (Å²) in [6, 6.07) is 19.4. The molecule has 3 nitrogen and oxygen atoms in total. The van der Waals surface area contributed by atoms with Crippen molar-refractivity contribution in [3.05, 3.63) is 71.8 Å². The van der Waals surface area contributed by atoms with Crippen molar-refractivity contribution in [3.8, 4) is 5.75 Å². The van der Waals surface area contributed by atoms with Gasteiger partial charge in [-0.15, -0.1) is 0 Å². The number of rotatable bonds is 0. The van der Waals surface area contributed by atoms with Crippen LogP contribution in [0, 0.1) is 0 Å². The van der Waals surface area contributed by atoms with E-state index in [1.807, 2.05) is 60.7 Å². The molecule has 0 saturated carbocycles. The molecule has 21 heavy (non-hydrogen) atoms. The van der Waals surface area contributed by atoms with Gasteiger partial charge in [-0.2, -0.15) is 0 Å². The van der Waals surface area contributed by atoms with Gasteiger partial charge < -0.3 is 10.1 Å². The van der Waals surface area contributed by atoms with Crippen molar-refractivity contribution in [2.24, 2.45) is 0 Å². The first kappa shape index (κ1) is 12.0. The van der Waals surface area contributed by atoms with Crippen molar-refractivity contribution in [2.45, 2.75) is 6.61 Å². The van der Waals surface area contributed by atoms with Gasteiger partial charge in [0, 0.05) is 16.5 Å². The van der Waals surface area contributed by atoms with Gasteiger partial charge in [-0.1, -0.05) is 48.5 Å². The molecule has 0 saturated heterocycles. The summed E-state index contributed by atoms with van der Waals surface area (Å²) < 4.78 is 6.00. The van der Waals surface area contributed by atoms with Gasteiger partial charge in [-0.3, -0.25) is 4.79 Å². The summed E-state index contributed by atoms with van der Waals surface area (Å²) in [6.45, 7) is 0.393. The number of hydrogen-bond donors (Lipinski definition) is 1. The van der Waals surface area contributed by atoms with Crippen molar-refractivity contribution in [1.82, 2.24) is 0 Å². The van der Waals surface area contributed by atoms with Crippen molar-refractivity contribution < 1.29 is 9.53 Å². The van der Waals surface area contributed by atoms with Crippen LogP contribution in [0.2, 0.25) is 0 Å². The number of carbonyl (C=O) groups excluding carboxylic acids is 1. The first-order chi connectivity index (χ1) is 10.3. The Morgan fingerprint density at radius 3 is 2.67 bits per heavy atom. The van der Waals surface area contributed by atoms with Crippen LogP contribution in [0.4, 0.5) is 5.69 Å². The van der Waals surface area contributed by atoms with Gasteiger partial charge in [-0.25, -0.2) is 0 Å². The maximum atomic E-state index is 12.4. The van der Waals surface area contributed by atoms with Crippen LogP contribution in [-0.4, -0.2) is 5.91 Å². The van der Waals surface area contributed by atoms with Crippen molar-refractivity contribution in [3.63, 3.8) is 0 Å². The van der Waals surface area contributed by atoms with Crippen molar-refractivity contribution in [2.75, 3.05) is 5.32 Å². The van der Waals surface area contributed by atoms with E-state index in [1.54, 1.807) is 0 Å². The van der Waals surface area contributed by atoms with Gasteiger partial charge in [0.15, 0.2) is 5.75 Å². The average Bonchev–Trinajstić information content (AvgIpc) is 2.52. The molecule has 1 heterocycles. The highest BCUT2D eigenvalue weighted by molar-refractivity contribution is 6.08. The number of carbonyl (C=O) groups is 1. The van der Waals surface area contributed by atoms with E-state index < -0.39 is 0 Å². The molecule has 3 aromatic carbocycles. The van der Waals surface area contributed by atoms with Crippen LogP contribution >= 0.6 is 0 Å². The fraction of sp³-hybridized carbons (Fsp3) is 0.0556. The molecule has 0 fully saturated rings. The zero-order chi connectivity index (χ0) is 14.2. The van der Waals surface area contributed by atoms with Crippen molar-refractivity contribution >= 4 is 22.4 Å². The van der Waals surface area contributed by atoms with Gasteiger partial charge in [0.25, 0.3) is 5.91 Å². The molecule has 1 amide bonds. The third-order valence-corrected chi connectivity index (χ3v) is 3.76. The fourth-order valence-corrected chi connectivity index (χ4v) is 2.70. The molecule has 1 N–H and O–H groups in total. The van der Waals surface area contributed by atoms with Gasteiger partial charge in [-0.05, 0) is 17.5 Å². The normalized spacial score (nSPS) is 13.4. The maximum absolute atomic E-state index is 12.4. The molecule has 102 valence electrons. The Morgan fingerprint density at radius 1 is 0.905 bits per heavy atom. The van der Waals surface area contributed by atoms with E-state index in [-0.39, 0.29) is 5.91 Å². The predicted octanol–water partition coefficient (Wildman–Crippen LogP) is 3.98. The molecule has 0 aromatic heterocycles. The Labute approximate surface area is 122 Å². The van der Waals surface area contributed by atoms with Crippen LogP contribution in [0.1, 0.15) is 15.9 Å². The highest BCUT2D eigenvalue weighted by atomic mass is 16.5. The number of fused-ring (bicyclic) bond motifs is 4. The molecule has 0 spiro atoms. The number of nitrogens with one attached hydrogen (secondary N) is 1. The summed E-state index contributed by atoms with van der Waals surface area (Å²) in [5.41, 5.74) is 2.28. The number of benzene rings is 3. The smallest absolute Gasteiger partial charge is 0.256 e. The summed E-state index contributed by atoms with van der Waals surface area (Å²) >= 11 is 0. The maximum Gasteiger partial charge on any atom is 0.256 e. The van der Waals surface area contributed by atoms with Crippen LogP contribution in [0.25, 0.3) is 10.8 Å². The van der Waals surface area contributed by atoms with Crippen molar-refractivity contribution in [1.29, 1.82) is 0 Å². The summed E-state index contributed by atoms with van der Waals surface area (Å²) in [5, 5.41) is 5.05. The minimum atomic E-state index is -0.0922. The Bertz CT molecular complexity index is 855. The topological polar surface area (TPSA) is 38.3 Å². The molecular formula is C18H13NO2. The number of hydrogen-bond acceptors (Lipinski definition) is 2. The van der Waals surface area contributed by atoms with E-state index in [2.05, 4.69) is 5.32 Å². The summed E-state index contributed by atoms with van der Waals surface area (Å²) in [6.07, 6.45) is 0. The van der Waals surface area contributed by atoms with Crippen LogP contribution in [0.3, 0.4) is 0 Å². The molecule has 0 atom stereocenters. The van der Waals surface area contributed by atoms with E-state index in [0.29, 0.717) is 17.9 Å². The first-order valence-electron chi connectivity index (χ1n) is 6.87. The molecule has 0 aliphatic carbocycles. The fourth-order valence-electron chi connectivity index (χ4n) is 2.70. The number of ether oxygens (including phenoxy) is 1. The standard InChI is InChI=1S/C18H13NO2/c20-18-15-8-4-2-6-13(15)11-21-17-14-7-3-1-5-12(14)9-10-16(17)19-18/h1-10H,11H2,(H,19,20). The van der Waals surface area contributed by atoms with Crippen LogP contribution in [-0.2, 0) is 6.61 Å². The average molecular weight is 275 g/mol. The second-order valence-electron chi connectivity index (χ2n) is 5.06. The van der Waals surface area contributed by atoms with E-state index in [9.17, 15) is 4.79 Å². The predicted molar refractivity (Wildman–Crippen MR) is 82.7 cm³/mol. The van der Waals surface area contributed by atoms with E-state index in [1.165, 1.54) is 0 Å². The second-order valence-corrected chi connectivity index (χ2v) is 5.06. The highest BCUT2D eigenvalue weighted by Gasteiger charge is 2.19. The lowest BCUT2D eigenvalue weighted by molar-refractivity contribution is 0.102. The summed E-state index contributed by atoms with van der Waals surface area (Å²) in [4.78, 5) is 12.4. The summed E-state index contributed by atoms with van der Waals surface area (Å²) in [7, 11) is 0. The lowest BCUT2D eigenvalue weighted by Crippen LogP contribution is -2.18. The van der Waals surface area contributed by atoms with Crippen LogP contribution < -0.4 is 10.1 Å². The molecular weight excluding hydrogens is 262 g/mol. The zero-order valence-electron chi connectivity index (χ0n) is 11.3. The Morgan fingerprint density at radius 2 is 1.71 bits per heavy atom. The SMILES string of the molecule is O=C1Nc2ccc3ccccc3c2OCc2ccccc21. The monoisotopic (exact) mass is 275 g/mol.